The second-order valence-electron chi connectivity index (χ2n) is 4.38. The van der Waals surface area contributed by atoms with Gasteiger partial charge in [-0.1, -0.05) is 5.56 Å². The van der Waals surface area contributed by atoms with E-state index in [4.69, 9.17) is 0 Å². The van der Waals surface area contributed by atoms with Gasteiger partial charge in [0, 0.05) is 32.7 Å². The molecule has 2 bridgehead atoms. The molecule has 2 aliphatic carbocycles. The monoisotopic (exact) mass is 337 g/mol. The van der Waals surface area contributed by atoms with E-state index in [1.165, 1.54) is 29.3 Å². The first-order chi connectivity index (χ1) is 6.81. The van der Waals surface area contributed by atoms with Crippen molar-refractivity contribution in [2.45, 2.75) is 38.0 Å². The smallest absolute Gasteiger partial charge is 0 e. The molecule has 15 heavy (non-hydrogen) atoms. The second kappa shape index (κ2) is 4.51. The minimum atomic E-state index is 0. The molecule has 0 spiro atoms. The van der Waals surface area contributed by atoms with Crippen molar-refractivity contribution >= 4 is 15.9 Å². The van der Waals surface area contributed by atoms with E-state index < -0.39 is 0 Å². The fourth-order valence-corrected chi connectivity index (χ4v) is 3.95. The average molecular weight is 338 g/mol. The van der Waals surface area contributed by atoms with Crippen LogP contribution in [0.1, 0.15) is 54.7 Å². The third kappa shape index (κ3) is 1.75. The Morgan fingerprint density at radius 3 is 2.87 bits per heavy atom. The van der Waals surface area contributed by atoms with Crippen molar-refractivity contribution in [1.82, 2.24) is 0 Å². The summed E-state index contributed by atoms with van der Waals surface area (Å²) in [6.45, 7) is 2.08. The maximum atomic E-state index is 3.73. The minimum absolute atomic E-state index is 0. The Bertz CT molecular complexity index is 386. The normalized spacial score (nSPS) is 26.0. The Balaban J connectivity index is 0.000000853. The van der Waals surface area contributed by atoms with Crippen LogP contribution >= 0.6 is 15.9 Å². The van der Waals surface area contributed by atoms with Gasteiger partial charge in [-0.15, -0.1) is 12.5 Å². The van der Waals surface area contributed by atoms with Gasteiger partial charge in [-0.3, -0.25) is 0 Å². The zero-order chi connectivity index (χ0) is 9.71. The van der Waals surface area contributed by atoms with Crippen molar-refractivity contribution in [2.24, 2.45) is 0 Å². The SMILES string of the molecule is C[CH-]c1[c-]cc2c(c1Br)C1CCC2C1.[Y]. The molecule has 2 aliphatic rings. The number of hydrogen-bond donors (Lipinski definition) is 0. The summed E-state index contributed by atoms with van der Waals surface area (Å²) in [5.41, 5.74) is 4.39. The quantitative estimate of drug-likeness (QED) is 0.674. The maximum Gasteiger partial charge on any atom is 0 e. The van der Waals surface area contributed by atoms with Crippen LogP contribution in [-0.2, 0) is 32.7 Å². The van der Waals surface area contributed by atoms with E-state index in [1.807, 2.05) is 0 Å². The van der Waals surface area contributed by atoms with Gasteiger partial charge in [0.05, 0.1) is 0 Å². The zero-order valence-corrected chi connectivity index (χ0v) is 13.3. The summed E-state index contributed by atoms with van der Waals surface area (Å²) in [6.07, 6.45) is 6.31. The predicted octanol–water partition coefficient (Wildman–Crippen LogP) is 4.18. The van der Waals surface area contributed by atoms with E-state index in [1.54, 1.807) is 11.1 Å². The van der Waals surface area contributed by atoms with Gasteiger partial charge in [-0.05, 0) is 31.1 Å². The van der Waals surface area contributed by atoms with Crippen LogP contribution in [-0.4, -0.2) is 0 Å². The molecule has 77 valence electrons. The Kier molecular flexibility index (Phi) is 3.65. The molecule has 1 fully saturated rings. The molecule has 2 unspecified atom stereocenters. The van der Waals surface area contributed by atoms with Crippen LogP contribution in [0.15, 0.2) is 10.5 Å². The van der Waals surface area contributed by atoms with Crippen molar-refractivity contribution < 1.29 is 32.7 Å². The fourth-order valence-electron chi connectivity index (χ4n) is 3.06. The Hall–Kier alpha value is 0.674. The summed E-state index contributed by atoms with van der Waals surface area (Å²) >= 11 is 3.73. The van der Waals surface area contributed by atoms with Gasteiger partial charge in [0.15, 0.2) is 0 Å². The third-order valence-electron chi connectivity index (χ3n) is 3.74. The molecule has 0 heterocycles. The minimum Gasteiger partial charge on any atom is -0.357 e. The van der Waals surface area contributed by atoms with Crippen molar-refractivity contribution in [3.8, 4) is 0 Å². The third-order valence-corrected chi connectivity index (χ3v) is 4.59. The predicted molar refractivity (Wildman–Crippen MR) is 61.4 cm³/mol. The maximum absolute atomic E-state index is 3.73. The number of rotatable bonds is 1. The second-order valence-corrected chi connectivity index (χ2v) is 5.17. The van der Waals surface area contributed by atoms with Gasteiger partial charge < -0.3 is 18.1 Å². The molecule has 1 aromatic carbocycles. The number of benzene rings is 1. The molecule has 2 atom stereocenters. The standard InChI is InChI=1S/C13H13Br.Y/c1-2-8-5-6-11-9-3-4-10(7-9)12(11)13(8)14;/h2,6,9-10H,3-4,7H2,1H3;/q-2;. The van der Waals surface area contributed by atoms with Gasteiger partial charge >= 0.3 is 0 Å². The van der Waals surface area contributed by atoms with Gasteiger partial charge in [0.2, 0.25) is 0 Å². The van der Waals surface area contributed by atoms with E-state index in [9.17, 15) is 0 Å². The number of halogens is 1. The molecule has 0 saturated heterocycles. The van der Waals surface area contributed by atoms with Gasteiger partial charge in [-0.2, -0.15) is 10.5 Å². The molecule has 0 nitrogen and oxygen atoms in total. The summed E-state index contributed by atoms with van der Waals surface area (Å²) in [5.74, 6) is 1.67. The summed E-state index contributed by atoms with van der Waals surface area (Å²) in [5, 5.41) is 0. The molecular formula is C13H13BrY-2. The van der Waals surface area contributed by atoms with Gasteiger partial charge in [0.25, 0.3) is 0 Å². The van der Waals surface area contributed by atoms with Crippen LogP contribution in [0.3, 0.4) is 0 Å². The summed E-state index contributed by atoms with van der Waals surface area (Å²) in [6, 6.07) is 5.59. The molecule has 0 N–H and O–H groups in total. The summed E-state index contributed by atoms with van der Waals surface area (Å²) in [7, 11) is 0. The molecule has 1 saturated carbocycles. The summed E-state index contributed by atoms with van der Waals surface area (Å²) < 4.78 is 1.31. The first-order valence-electron chi connectivity index (χ1n) is 5.34. The van der Waals surface area contributed by atoms with E-state index in [2.05, 4.69) is 41.4 Å². The molecular weight excluding hydrogens is 325 g/mol. The van der Waals surface area contributed by atoms with Gasteiger partial charge in [-0.25, -0.2) is 15.9 Å². The molecule has 2 heteroatoms. The van der Waals surface area contributed by atoms with Crippen LogP contribution in [0, 0.1) is 12.5 Å². The molecule has 1 radical (unpaired) electrons. The Morgan fingerprint density at radius 2 is 2.13 bits per heavy atom. The molecule has 3 rings (SSSR count). The molecule has 0 aliphatic heterocycles. The van der Waals surface area contributed by atoms with Crippen molar-refractivity contribution in [3.05, 3.63) is 39.7 Å². The topological polar surface area (TPSA) is 0 Å². The molecule has 0 aromatic heterocycles. The molecule has 0 amide bonds. The Labute approximate surface area is 125 Å². The van der Waals surface area contributed by atoms with Crippen LogP contribution in [0.4, 0.5) is 0 Å². The van der Waals surface area contributed by atoms with E-state index >= 15 is 0 Å². The number of fused-ring (bicyclic) bond motifs is 5. The van der Waals surface area contributed by atoms with E-state index in [0.717, 1.165) is 11.8 Å². The summed E-state index contributed by atoms with van der Waals surface area (Å²) in [4.78, 5) is 0. The Morgan fingerprint density at radius 1 is 1.40 bits per heavy atom. The number of hydrogen-bond acceptors (Lipinski definition) is 0. The van der Waals surface area contributed by atoms with E-state index in [-0.39, 0.29) is 32.7 Å². The molecule has 1 aromatic rings. The van der Waals surface area contributed by atoms with Gasteiger partial charge in [0.1, 0.15) is 0 Å². The first-order valence-corrected chi connectivity index (χ1v) is 6.14. The van der Waals surface area contributed by atoms with Crippen molar-refractivity contribution in [1.29, 1.82) is 0 Å². The fraction of sp³-hybridized carbons (Fsp3) is 0.462. The van der Waals surface area contributed by atoms with E-state index in [0.29, 0.717) is 0 Å². The first kappa shape index (κ1) is 12.1. The van der Waals surface area contributed by atoms with Crippen LogP contribution in [0.2, 0.25) is 0 Å². The van der Waals surface area contributed by atoms with Crippen LogP contribution < -0.4 is 0 Å². The van der Waals surface area contributed by atoms with Crippen molar-refractivity contribution in [3.63, 3.8) is 0 Å². The van der Waals surface area contributed by atoms with Crippen LogP contribution in [0.25, 0.3) is 0 Å². The zero-order valence-electron chi connectivity index (χ0n) is 8.89. The van der Waals surface area contributed by atoms with Crippen molar-refractivity contribution in [2.75, 3.05) is 0 Å². The van der Waals surface area contributed by atoms with Crippen LogP contribution in [0.5, 0.6) is 0 Å². The largest absolute Gasteiger partial charge is 0.357 e. The average Bonchev–Trinajstić information content (AvgIpc) is 2.78.